The van der Waals surface area contributed by atoms with Gasteiger partial charge in [-0.3, -0.25) is 9.69 Å². The number of benzene rings is 1. The summed E-state index contributed by atoms with van der Waals surface area (Å²) in [6.07, 6.45) is 3.56. The first-order chi connectivity index (χ1) is 12.0. The van der Waals surface area contributed by atoms with Crippen LogP contribution in [0.25, 0.3) is 0 Å². The molecule has 2 fully saturated rings. The van der Waals surface area contributed by atoms with Crippen LogP contribution in [0.5, 0.6) is 11.5 Å². The van der Waals surface area contributed by atoms with E-state index in [1.54, 1.807) is 6.07 Å². The second-order valence-corrected chi connectivity index (χ2v) is 8.05. The Morgan fingerprint density at radius 2 is 2.28 bits per heavy atom. The van der Waals surface area contributed by atoms with Gasteiger partial charge in [-0.25, -0.2) is 0 Å². The van der Waals surface area contributed by atoms with Crippen molar-refractivity contribution in [1.82, 2.24) is 4.90 Å². The zero-order valence-corrected chi connectivity index (χ0v) is 14.1. The van der Waals surface area contributed by atoms with Gasteiger partial charge in [0.25, 0.3) is 0 Å². The summed E-state index contributed by atoms with van der Waals surface area (Å²) in [6, 6.07) is 3.55. The molecule has 5 atom stereocenters. The number of aromatic hydroxyl groups is 1. The molecule has 1 aromatic carbocycles. The van der Waals surface area contributed by atoms with Crippen LogP contribution in [0.1, 0.15) is 36.3 Å². The molecule has 2 N–H and O–H groups in total. The molecular weight excluding hydrogens is 318 g/mol. The van der Waals surface area contributed by atoms with Crippen molar-refractivity contribution in [3.63, 3.8) is 0 Å². The number of phenols is 1. The molecule has 2 aliphatic carbocycles. The maximum atomic E-state index is 12.8. The minimum absolute atomic E-state index is 0.0405. The Morgan fingerprint density at radius 3 is 3.08 bits per heavy atom. The fraction of sp³-hybridized carbons (Fsp3) is 0.550. The highest BCUT2D eigenvalue weighted by Gasteiger charge is 2.57. The summed E-state index contributed by atoms with van der Waals surface area (Å²) < 4.78 is 6.01. The molecule has 1 saturated heterocycles. The van der Waals surface area contributed by atoms with E-state index in [0.717, 1.165) is 24.2 Å². The van der Waals surface area contributed by atoms with Crippen LogP contribution >= 0.6 is 0 Å². The minimum atomic E-state index is -0.856. The molecule has 4 bridgehead atoms. The average molecular weight is 341 g/mol. The Balaban J connectivity index is 1.75. The number of fused-ring (bicyclic) bond motifs is 1. The second-order valence-electron chi connectivity index (χ2n) is 8.05. The molecule has 132 valence electrons. The highest BCUT2D eigenvalue weighted by atomic mass is 16.5. The second kappa shape index (κ2) is 5.08. The lowest BCUT2D eigenvalue weighted by molar-refractivity contribution is -0.143. The van der Waals surface area contributed by atoms with Crippen molar-refractivity contribution in [1.29, 1.82) is 0 Å². The minimum Gasteiger partial charge on any atom is -0.504 e. The average Bonchev–Trinajstić information content (AvgIpc) is 2.96. The summed E-state index contributed by atoms with van der Waals surface area (Å²) in [5.41, 5.74) is 1.25. The first-order valence-electron chi connectivity index (χ1n) is 9.13. The summed E-state index contributed by atoms with van der Waals surface area (Å²) in [6.45, 7) is 5.43. The van der Waals surface area contributed by atoms with Gasteiger partial charge < -0.3 is 14.9 Å². The number of ether oxygens (including phenoxy) is 1. The van der Waals surface area contributed by atoms with Gasteiger partial charge in [0.05, 0.1) is 5.60 Å². The first kappa shape index (κ1) is 15.4. The van der Waals surface area contributed by atoms with E-state index in [-0.39, 0.29) is 29.4 Å². The van der Waals surface area contributed by atoms with Crippen molar-refractivity contribution in [2.24, 2.45) is 5.92 Å². The number of aliphatic hydroxyl groups is 1. The lowest BCUT2D eigenvalue weighted by Crippen LogP contribution is -2.63. The number of ketones is 1. The third-order valence-corrected chi connectivity index (χ3v) is 6.72. The molecule has 25 heavy (non-hydrogen) atoms. The van der Waals surface area contributed by atoms with Gasteiger partial charge >= 0.3 is 0 Å². The third-order valence-electron chi connectivity index (χ3n) is 6.72. The van der Waals surface area contributed by atoms with Gasteiger partial charge in [-0.15, -0.1) is 6.58 Å². The number of rotatable bonds is 2. The third kappa shape index (κ3) is 1.99. The summed E-state index contributed by atoms with van der Waals surface area (Å²) in [4.78, 5) is 15.1. The summed E-state index contributed by atoms with van der Waals surface area (Å²) in [5.74, 6) is 0.720. The number of carbonyl (C=O) groups is 1. The highest BCUT2D eigenvalue weighted by Crippen LogP contribution is 2.56. The van der Waals surface area contributed by atoms with Crippen molar-refractivity contribution in [2.75, 3.05) is 13.1 Å². The Bertz CT molecular complexity index is 775. The van der Waals surface area contributed by atoms with Crippen LogP contribution in [-0.4, -0.2) is 51.7 Å². The summed E-state index contributed by atoms with van der Waals surface area (Å²) in [7, 11) is 0. The molecule has 0 spiro atoms. The molecule has 3 aliphatic heterocycles. The van der Waals surface area contributed by atoms with Crippen molar-refractivity contribution >= 4 is 5.78 Å². The molecule has 1 unspecified atom stereocenters. The number of nitrogens with zero attached hydrogens (tertiary/aromatic N) is 1. The van der Waals surface area contributed by atoms with Crippen LogP contribution in [0.2, 0.25) is 0 Å². The van der Waals surface area contributed by atoms with Gasteiger partial charge in [-0.2, -0.15) is 0 Å². The summed E-state index contributed by atoms with van der Waals surface area (Å²) in [5, 5.41) is 21.8. The molecule has 0 amide bonds. The van der Waals surface area contributed by atoms with Crippen molar-refractivity contribution in [2.45, 2.75) is 49.3 Å². The Kier molecular flexibility index (Phi) is 3.13. The number of hydrogen-bond donors (Lipinski definition) is 2. The number of hydrogen-bond acceptors (Lipinski definition) is 5. The molecule has 5 aliphatic rings. The van der Waals surface area contributed by atoms with Crippen LogP contribution in [0, 0.1) is 5.92 Å². The monoisotopic (exact) mass is 341 g/mol. The molecule has 6 rings (SSSR count). The van der Waals surface area contributed by atoms with E-state index in [1.165, 1.54) is 0 Å². The van der Waals surface area contributed by atoms with E-state index >= 15 is 0 Å². The summed E-state index contributed by atoms with van der Waals surface area (Å²) >= 11 is 0. The van der Waals surface area contributed by atoms with E-state index in [1.807, 2.05) is 12.1 Å². The van der Waals surface area contributed by atoms with E-state index in [2.05, 4.69) is 11.5 Å². The molecule has 1 aromatic rings. The smallest absolute Gasteiger partial charge is 0.174 e. The molecule has 3 heterocycles. The zero-order valence-electron chi connectivity index (χ0n) is 14.1. The molecular formula is C20H23NO4. The molecule has 5 nitrogen and oxygen atoms in total. The quantitative estimate of drug-likeness (QED) is 0.802. The number of phenolic OH excluding ortho intramolecular Hbond substituents is 1. The van der Waals surface area contributed by atoms with Crippen LogP contribution in [0.4, 0.5) is 0 Å². The maximum Gasteiger partial charge on any atom is 0.174 e. The van der Waals surface area contributed by atoms with Gasteiger partial charge in [0.15, 0.2) is 23.4 Å². The predicted octanol–water partition coefficient (Wildman–Crippen LogP) is 1.76. The van der Waals surface area contributed by atoms with Crippen LogP contribution in [0.3, 0.4) is 0 Å². The number of piperidine rings is 1. The van der Waals surface area contributed by atoms with Gasteiger partial charge in [0, 0.05) is 37.0 Å². The Hall–Kier alpha value is -1.85. The Morgan fingerprint density at radius 1 is 1.44 bits per heavy atom. The lowest BCUT2D eigenvalue weighted by atomic mass is 9.62. The fourth-order valence-electron chi connectivity index (χ4n) is 5.71. The largest absolute Gasteiger partial charge is 0.504 e. The lowest BCUT2D eigenvalue weighted by Gasteiger charge is -2.54. The van der Waals surface area contributed by atoms with Crippen molar-refractivity contribution in [3.8, 4) is 11.5 Å². The number of carbonyl (C=O) groups excluding carboxylic acids is 1. The molecule has 0 radical (unpaired) electrons. The van der Waals surface area contributed by atoms with Crippen LogP contribution in [-0.2, 0) is 11.2 Å². The highest BCUT2D eigenvalue weighted by molar-refractivity contribution is 5.86. The SMILES string of the molecule is C=CCN1CC2C[C@@]3(O)CCC(=O)[C@@H]4Oc5c(O)ccc(c5[C@@H]24)C[C@@H]13. The fourth-order valence-corrected chi connectivity index (χ4v) is 5.71. The van der Waals surface area contributed by atoms with Gasteiger partial charge in [0.1, 0.15) is 0 Å². The normalized spacial score (nSPS) is 38.7. The van der Waals surface area contributed by atoms with Gasteiger partial charge in [-0.05, 0) is 36.8 Å². The standard InChI is InChI=1S/C20H23NO4/c1-2-7-21-10-12-9-20(24)6-5-14(23)19-17(12)16-11(8-15(20)21)3-4-13(22)18(16)25-19/h2-4,12,15,17,19,22,24H,1,5-10H2/t12?,15-,17-,19+,20+/m1/s1. The van der Waals surface area contributed by atoms with E-state index < -0.39 is 11.7 Å². The molecule has 1 saturated carbocycles. The van der Waals surface area contributed by atoms with Crippen molar-refractivity contribution < 1.29 is 19.7 Å². The Labute approximate surface area is 146 Å². The van der Waals surface area contributed by atoms with E-state index in [0.29, 0.717) is 31.4 Å². The number of Topliss-reactive ketones (excluding diaryl/α,β-unsaturated/α-hetero) is 1. The van der Waals surface area contributed by atoms with E-state index in [4.69, 9.17) is 4.74 Å². The predicted molar refractivity (Wildman–Crippen MR) is 91.8 cm³/mol. The maximum absolute atomic E-state index is 12.8. The van der Waals surface area contributed by atoms with Crippen molar-refractivity contribution in [3.05, 3.63) is 35.9 Å². The molecule has 5 heteroatoms. The van der Waals surface area contributed by atoms with E-state index in [9.17, 15) is 15.0 Å². The molecule has 0 aromatic heterocycles. The zero-order chi connectivity index (χ0) is 17.3. The first-order valence-corrected chi connectivity index (χ1v) is 9.13. The van der Waals surface area contributed by atoms with Crippen LogP contribution in [0.15, 0.2) is 24.8 Å². The van der Waals surface area contributed by atoms with Gasteiger partial charge in [0.2, 0.25) is 0 Å². The van der Waals surface area contributed by atoms with Crippen LogP contribution < -0.4 is 4.74 Å². The van der Waals surface area contributed by atoms with Gasteiger partial charge in [-0.1, -0.05) is 12.1 Å². The topological polar surface area (TPSA) is 70.0 Å².